The number of carbonyl (C=O) groups is 1. The summed E-state index contributed by atoms with van der Waals surface area (Å²) in [6.07, 6.45) is -9.49. The second-order valence-electron chi connectivity index (χ2n) is 11.7. The van der Waals surface area contributed by atoms with Crippen molar-refractivity contribution in [2.24, 2.45) is 5.73 Å². The predicted octanol–water partition coefficient (Wildman–Crippen LogP) is 10.2. The average Bonchev–Trinajstić information content (AvgIpc) is 3.47. The number of alkyl halides is 6. The van der Waals surface area contributed by atoms with E-state index in [0.29, 0.717) is 67.7 Å². The number of halogens is 8. The number of ketones is 1. The van der Waals surface area contributed by atoms with Gasteiger partial charge in [0.2, 0.25) is 0 Å². The number of nitrogens with two attached hydrogens (primary N) is 1. The molecule has 6 nitrogen and oxygen atoms in total. The molecule has 0 atom stereocenters. The lowest BCUT2D eigenvalue weighted by Gasteiger charge is -2.18. The molecule has 2 N–H and O–H groups in total. The number of hydrogen-bond donors (Lipinski definition) is 1. The minimum absolute atomic E-state index is 0.0831. The number of imidazole rings is 1. The molecule has 0 unspecified atom stereocenters. The Morgan fingerprint density at radius 3 is 1.94 bits per heavy atom. The zero-order chi connectivity index (χ0) is 37.5. The van der Waals surface area contributed by atoms with Crippen LogP contribution in [-0.2, 0) is 28.4 Å². The van der Waals surface area contributed by atoms with E-state index in [-0.39, 0.29) is 52.1 Å². The fraction of sp³-hybridized carbons (Fsp3) is 0.263. The zero-order valence-electron chi connectivity index (χ0n) is 27.5. The van der Waals surface area contributed by atoms with Gasteiger partial charge in [-0.1, -0.05) is 89.9 Å². The lowest BCUT2D eigenvalue weighted by Crippen LogP contribution is -2.14. The molecule has 0 amide bonds. The van der Waals surface area contributed by atoms with Crippen molar-refractivity contribution in [2.45, 2.75) is 31.7 Å². The Hall–Kier alpha value is -4.20. The van der Waals surface area contributed by atoms with Crippen molar-refractivity contribution in [3.05, 3.63) is 123 Å². The maximum absolute atomic E-state index is 14.6. The van der Waals surface area contributed by atoms with Crippen LogP contribution in [0.3, 0.4) is 0 Å². The van der Waals surface area contributed by atoms with Gasteiger partial charge in [-0.25, -0.2) is 4.98 Å². The van der Waals surface area contributed by atoms with Crippen LogP contribution in [0.1, 0.15) is 39.9 Å². The van der Waals surface area contributed by atoms with Crippen LogP contribution in [0.15, 0.2) is 91.0 Å². The fourth-order valence-corrected chi connectivity index (χ4v) is 6.04. The van der Waals surface area contributed by atoms with Crippen LogP contribution in [0.5, 0.6) is 0 Å². The highest BCUT2D eigenvalue weighted by molar-refractivity contribution is 6.34. The molecule has 274 valence electrons. The molecule has 5 rings (SSSR count). The summed E-state index contributed by atoms with van der Waals surface area (Å²) in [4.78, 5) is 17.6. The first-order chi connectivity index (χ1) is 24.8. The summed E-state index contributed by atoms with van der Waals surface area (Å²) in [5.74, 6) is -0.394. The molecule has 4 aromatic carbocycles. The number of aromatic nitrogens is 2. The van der Waals surface area contributed by atoms with Gasteiger partial charge in [0.15, 0.2) is 5.78 Å². The van der Waals surface area contributed by atoms with Crippen LogP contribution in [0.4, 0.5) is 26.3 Å². The SMILES string of the molecule is NCCOCCOCCCC(=O)c1ccc(Cn2c(-c3ccc(C(F)(F)F)cc3C(F)(F)F)nc(-c3ccccc3Cl)c2-c2ccccc2Cl)cc1. The summed E-state index contributed by atoms with van der Waals surface area (Å²) >= 11 is 13.3. The lowest BCUT2D eigenvalue weighted by atomic mass is 10.0. The van der Waals surface area contributed by atoms with E-state index in [2.05, 4.69) is 4.98 Å². The van der Waals surface area contributed by atoms with Gasteiger partial charge in [0.05, 0.1) is 47.4 Å². The molecule has 0 aliphatic carbocycles. The van der Waals surface area contributed by atoms with E-state index in [1.807, 2.05) is 0 Å². The molecule has 14 heteroatoms. The summed E-state index contributed by atoms with van der Waals surface area (Å²) in [6.45, 7) is 1.90. The minimum Gasteiger partial charge on any atom is -0.379 e. The number of nitrogens with zero attached hydrogens (tertiary/aromatic N) is 2. The number of hydrogen-bond acceptors (Lipinski definition) is 5. The molecule has 0 radical (unpaired) electrons. The van der Waals surface area contributed by atoms with Crippen molar-refractivity contribution in [3.8, 4) is 33.9 Å². The van der Waals surface area contributed by atoms with Gasteiger partial charge in [-0.2, -0.15) is 26.3 Å². The van der Waals surface area contributed by atoms with E-state index in [0.717, 1.165) is 6.07 Å². The molecule has 1 heterocycles. The maximum atomic E-state index is 14.6. The standard InChI is InChI=1S/C38H33Cl2F6N3O3/c39-31-8-3-1-6-28(31)34-35(29-7-2-4-9-32(29)40)49(36(48-34)27-16-15-26(37(41,42)43)22-30(27)38(44,45)46)23-24-11-13-25(14-12-24)33(50)10-5-18-51-20-21-52-19-17-47/h1-4,6-9,11-16,22H,5,10,17-21,23,47H2. The van der Waals surface area contributed by atoms with Crippen molar-refractivity contribution in [2.75, 3.05) is 33.0 Å². The third kappa shape index (κ3) is 9.42. The zero-order valence-corrected chi connectivity index (χ0v) is 29.0. The van der Waals surface area contributed by atoms with Crippen molar-refractivity contribution < 1.29 is 40.6 Å². The first-order valence-corrected chi connectivity index (χ1v) is 16.9. The molecule has 52 heavy (non-hydrogen) atoms. The van der Waals surface area contributed by atoms with E-state index in [9.17, 15) is 31.1 Å². The van der Waals surface area contributed by atoms with Crippen LogP contribution in [-0.4, -0.2) is 48.3 Å². The minimum atomic E-state index is -5.17. The number of rotatable bonds is 15. The molecule has 1 aromatic heterocycles. The average molecular weight is 765 g/mol. The Labute approximate surface area is 306 Å². The highest BCUT2D eigenvalue weighted by atomic mass is 35.5. The molecule has 0 aliphatic rings. The normalized spacial score (nSPS) is 12.0. The highest BCUT2D eigenvalue weighted by Crippen LogP contribution is 2.45. The van der Waals surface area contributed by atoms with Gasteiger partial charge in [-0.3, -0.25) is 4.79 Å². The van der Waals surface area contributed by atoms with E-state index < -0.39 is 29.0 Å². The molecular formula is C38H33Cl2F6N3O3. The predicted molar refractivity (Wildman–Crippen MR) is 188 cm³/mol. The topological polar surface area (TPSA) is 79.4 Å². The van der Waals surface area contributed by atoms with Crippen molar-refractivity contribution >= 4 is 29.0 Å². The van der Waals surface area contributed by atoms with Crippen molar-refractivity contribution in [3.63, 3.8) is 0 Å². The first-order valence-electron chi connectivity index (χ1n) is 16.2. The molecule has 5 aromatic rings. The number of benzene rings is 4. The maximum Gasteiger partial charge on any atom is 0.417 e. The Kier molecular flexibility index (Phi) is 12.8. The van der Waals surface area contributed by atoms with Crippen LogP contribution in [0.2, 0.25) is 10.0 Å². The smallest absolute Gasteiger partial charge is 0.379 e. The van der Waals surface area contributed by atoms with Gasteiger partial charge in [0.25, 0.3) is 0 Å². The second-order valence-corrected chi connectivity index (χ2v) is 12.5. The van der Waals surface area contributed by atoms with Gasteiger partial charge in [-0.05, 0) is 36.2 Å². The van der Waals surface area contributed by atoms with E-state index in [4.69, 9.17) is 38.4 Å². The molecule has 0 bridgehead atoms. The molecule has 0 fully saturated rings. The first kappa shape index (κ1) is 39.0. The van der Waals surface area contributed by atoms with E-state index in [1.54, 1.807) is 72.8 Å². The fourth-order valence-electron chi connectivity index (χ4n) is 5.59. The van der Waals surface area contributed by atoms with Gasteiger partial charge in [0, 0.05) is 53.4 Å². The van der Waals surface area contributed by atoms with Gasteiger partial charge < -0.3 is 19.8 Å². The van der Waals surface area contributed by atoms with E-state index >= 15 is 0 Å². The Balaban J connectivity index is 1.58. The van der Waals surface area contributed by atoms with Crippen molar-refractivity contribution in [1.29, 1.82) is 0 Å². The summed E-state index contributed by atoms with van der Waals surface area (Å²) in [5, 5.41) is 0.489. The Morgan fingerprint density at radius 1 is 0.731 bits per heavy atom. The molecule has 0 saturated heterocycles. The lowest BCUT2D eigenvalue weighted by molar-refractivity contribution is -0.142. The van der Waals surface area contributed by atoms with Crippen molar-refractivity contribution in [1.82, 2.24) is 9.55 Å². The molecular weight excluding hydrogens is 731 g/mol. The summed E-state index contributed by atoms with van der Waals surface area (Å²) in [5.41, 5.74) is 4.04. The monoisotopic (exact) mass is 763 g/mol. The Morgan fingerprint density at radius 2 is 1.35 bits per heavy atom. The van der Waals surface area contributed by atoms with Gasteiger partial charge in [-0.15, -0.1) is 0 Å². The summed E-state index contributed by atoms with van der Waals surface area (Å²) in [6, 6.07) is 21.2. The molecule has 0 saturated carbocycles. The summed E-state index contributed by atoms with van der Waals surface area (Å²) < 4.78 is 96.8. The van der Waals surface area contributed by atoms with Crippen LogP contribution >= 0.6 is 23.2 Å². The largest absolute Gasteiger partial charge is 0.417 e. The highest BCUT2D eigenvalue weighted by Gasteiger charge is 2.40. The number of carbonyl (C=O) groups excluding carboxylic acids is 1. The van der Waals surface area contributed by atoms with Gasteiger partial charge in [0.1, 0.15) is 5.82 Å². The third-order valence-electron chi connectivity index (χ3n) is 8.06. The van der Waals surface area contributed by atoms with Crippen LogP contribution in [0, 0.1) is 0 Å². The molecule has 0 spiro atoms. The second kappa shape index (κ2) is 17.1. The van der Waals surface area contributed by atoms with E-state index in [1.165, 1.54) is 4.57 Å². The number of ether oxygens (including phenoxy) is 2. The van der Waals surface area contributed by atoms with Crippen LogP contribution in [0.25, 0.3) is 33.9 Å². The number of Topliss-reactive ketones (excluding diaryl/α,β-unsaturated/α-hetero) is 1. The van der Waals surface area contributed by atoms with Gasteiger partial charge >= 0.3 is 12.4 Å². The third-order valence-corrected chi connectivity index (χ3v) is 8.72. The molecule has 0 aliphatic heterocycles. The van der Waals surface area contributed by atoms with Crippen LogP contribution < -0.4 is 5.73 Å². The quantitative estimate of drug-likeness (QED) is 0.0653. The Bertz CT molecular complexity index is 2000. The summed E-state index contributed by atoms with van der Waals surface area (Å²) in [7, 11) is 0.